The third-order valence-electron chi connectivity index (χ3n) is 3.75. The maximum atomic E-state index is 14.1. The summed E-state index contributed by atoms with van der Waals surface area (Å²) in [5, 5.41) is 0. The van der Waals surface area contributed by atoms with Crippen molar-refractivity contribution >= 4 is 5.83 Å². The van der Waals surface area contributed by atoms with Gasteiger partial charge in [-0.2, -0.15) is 4.39 Å². The van der Waals surface area contributed by atoms with E-state index in [0.29, 0.717) is 5.56 Å². The Morgan fingerprint density at radius 3 is 1.79 bits per heavy atom. The molecule has 2 rings (SSSR count). The first-order valence-corrected chi connectivity index (χ1v) is 8.39. The Hall–Kier alpha value is -2.40. The van der Waals surface area contributed by atoms with E-state index in [1.165, 1.54) is 5.56 Å². The van der Waals surface area contributed by atoms with Crippen molar-refractivity contribution in [3.8, 4) is 11.8 Å². The molecule has 0 radical (unpaired) electrons. The Bertz CT molecular complexity index is 741. The second-order valence-electron chi connectivity index (χ2n) is 5.77. The topological polar surface area (TPSA) is 0 Å². The van der Waals surface area contributed by atoms with Crippen LogP contribution in [0.15, 0.2) is 54.4 Å². The molecule has 0 aromatic heterocycles. The van der Waals surface area contributed by atoms with E-state index in [9.17, 15) is 8.78 Å². The van der Waals surface area contributed by atoms with E-state index in [4.69, 9.17) is 0 Å². The molecule has 2 aromatic rings. The molecule has 0 saturated heterocycles. The van der Waals surface area contributed by atoms with Gasteiger partial charge in [-0.3, -0.25) is 0 Å². The van der Waals surface area contributed by atoms with Crippen LogP contribution in [0.1, 0.15) is 48.9 Å². The lowest BCUT2D eigenvalue weighted by Crippen LogP contribution is -1.86. The summed E-state index contributed by atoms with van der Waals surface area (Å²) in [6.07, 6.45) is 4.03. The van der Waals surface area contributed by atoms with E-state index in [1.54, 1.807) is 12.1 Å². The summed E-state index contributed by atoms with van der Waals surface area (Å²) < 4.78 is 28.1. The minimum absolute atomic E-state index is 0.222. The molecule has 0 bridgehead atoms. The van der Waals surface area contributed by atoms with Crippen LogP contribution in [0.4, 0.5) is 8.78 Å². The van der Waals surface area contributed by atoms with Gasteiger partial charge in [0.15, 0.2) is 5.83 Å². The maximum Gasteiger partial charge on any atom is 0.209 e. The van der Waals surface area contributed by atoms with Crippen molar-refractivity contribution in [2.75, 3.05) is 0 Å². The van der Waals surface area contributed by atoms with Gasteiger partial charge in [0, 0.05) is 11.1 Å². The number of rotatable bonds is 5. The van der Waals surface area contributed by atoms with E-state index < -0.39 is 11.7 Å². The van der Waals surface area contributed by atoms with E-state index in [2.05, 4.69) is 25.7 Å². The molecule has 0 aliphatic carbocycles. The molecular formula is C22H22F2. The first kappa shape index (κ1) is 17.9. The molecule has 24 heavy (non-hydrogen) atoms. The lowest BCUT2D eigenvalue weighted by atomic mass is 10.1. The van der Waals surface area contributed by atoms with Gasteiger partial charge in [0.05, 0.1) is 0 Å². The largest absolute Gasteiger partial charge is 0.209 e. The molecule has 0 fully saturated rings. The summed E-state index contributed by atoms with van der Waals surface area (Å²) >= 11 is 0. The third-order valence-corrected chi connectivity index (χ3v) is 3.75. The summed E-state index contributed by atoms with van der Waals surface area (Å²) in [5.41, 5.74) is 3.24. The van der Waals surface area contributed by atoms with E-state index in [1.807, 2.05) is 36.4 Å². The molecule has 0 aliphatic rings. The van der Waals surface area contributed by atoms with E-state index in [0.717, 1.165) is 31.2 Å². The highest BCUT2D eigenvalue weighted by atomic mass is 19.2. The predicted octanol–water partition coefficient (Wildman–Crippen LogP) is 6.25. The van der Waals surface area contributed by atoms with Crippen molar-refractivity contribution in [1.29, 1.82) is 0 Å². The molecule has 0 aliphatic heterocycles. The highest BCUT2D eigenvalue weighted by Gasteiger charge is 2.07. The molecule has 0 spiro atoms. The Kier molecular flexibility index (Phi) is 6.75. The summed E-state index contributed by atoms with van der Waals surface area (Å²) in [6, 6.07) is 14.5. The minimum atomic E-state index is -1.03. The number of hydrogen-bond acceptors (Lipinski definition) is 0. The zero-order valence-electron chi connectivity index (χ0n) is 14.2. The molecule has 2 heteroatoms. The van der Waals surface area contributed by atoms with Gasteiger partial charge in [-0.25, -0.2) is 4.39 Å². The second-order valence-corrected chi connectivity index (χ2v) is 5.77. The average Bonchev–Trinajstić information content (AvgIpc) is 2.61. The summed E-state index contributed by atoms with van der Waals surface area (Å²) in [5.74, 6) is 3.01. The van der Waals surface area contributed by atoms with E-state index in [-0.39, 0.29) is 5.56 Å². The zero-order valence-corrected chi connectivity index (χ0v) is 14.2. The fourth-order valence-corrected chi connectivity index (χ4v) is 2.46. The molecular weight excluding hydrogens is 302 g/mol. The van der Waals surface area contributed by atoms with Crippen molar-refractivity contribution < 1.29 is 8.78 Å². The number of halogens is 2. The lowest BCUT2D eigenvalue weighted by molar-refractivity contribution is 0.635. The minimum Gasteiger partial charge on any atom is -0.202 e. The summed E-state index contributed by atoms with van der Waals surface area (Å²) in [7, 11) is 0. The molecule has 0 heterocycles. The van der Waals surface area contributed by atoms with Crippen LogP contribution >= 0.6 is 0 Å². The summed E-state index contributed by atoms with van der Waals surface area (Å²) in [6.45, 7) is 4.20. The van der Waals surface area contributed by atoms with Gasteiger partial charge in [0.25, 0.3) is 0 Å². The average molecular weight is 324 g/mol. The van der Waals surface area contributed by atoms with Gasteiger partial charge in [0.2, 0.25) is 5.83 Å². The van der Waals surface area contributed by atoms with Gasteiger partial charge in [-0.05, 0) is 42.0 Å². The predicted molar refractivity (Wildman–Crippen MR) is 96.9 cm³/mol. The molecule has 0 unspecified atom stereocenters. The standard InChI is InChI=1S/C22H22F2/c1-3-5-17-7-9-19(10-8-17)13-16-21(23)22(24)20-14-11-18(6-4-2)12-15-20/h7-12,14-15H,3-6H2,1-2H3. The van der Waals surface area contributed by atoms with Crippen LogP contribution in [0, 0.1) is 11.8 Å². The van der Waals surface area contributed by atoms with Crippen LogP contribution < -0.4 is 0 Å². The van der Waals surface area contributed by atoms with Crippen LogP contribution in [0.25, 0.3) is 5.83 Å². The highest BCUT2D eigenvalue weighted by molar-refractivity contribution is 5.65. The highest BCUT2D eigenvalue weighted by Crippen LogP contribution is 2.21. The molecule has 0 atom stereocenters. The Labute approximate surface area is 143 Å². The van der Waals surface area contributed by atoms with Crippen molar-refractivity contribution in [3.05, 3.63) is 76.6 Å². The fourth-order valence-electron chi connectivity index (χ4n) is 2.46. The lowest BCUT2D eigenvalue weighted by Gasteiger charge is -2.01. The number of benzene rings is 2. The van der Waals surface area contributed by atoms with Gasteiger partial charge >= 0.3 is 0 Å². The third kappa shape index (κ3) is 5.06. The Balaban J connectivity index is 2.14. The van der Waals surface area contributed by atoms with Crippen molar-refractivity contribution in [1.82, 2.24) is 0 Å². The molecule has 0 N–H and O–H groups in total. The molecule has 0 amide bonds. The van der Waals surface area contributed by atoms with Crippen LogP contribution in [-0.4, -0.2) is 0 Å². The molecule has 0 nitrogen and oxygen atoms in total. The number of allylic oxidation sites excluding steroid dienone is 1. The monoisotopic (exact) mass is 324 g/mol. The zero-order chi connectivity index (χ0) is 17.4. The normalized spacial score (nSPS) is 11.5. The van der Waals surface area contributed by atoms with Crippen molar-refractivity contribution in [2.45, 2.75) is 39.5 Å². The number of aryl methyl sites for hydroxylation is 2. The quantitative estimate of drug-likeness (QED) is 0.570. The van der Waals surface area contributed by atoms with Gasteiger partial charge < -0.3 is 0 Å². The SMILES string of the molecule is CCCc1ccc(C#CC(F)=C(F)c2ccc(CCC)cc2)cc1. The van der Waals surface area contributed by atoms with Gasteiger partial charge in [0.1, 0.15) is 0 Å². The Morgan fingerprint density at radius 2 is 1.29 bits per heavy atom. The second kappa shape index (κ2) is 9.03. The first-order chi connectivity index (χ1) is 11.6. The molecule has 124 valence electrons. The molecule has 2 aromatic carbocycles. The van der Waals surface area contributed by atoms with E-state index >= 15 is 0 Å². The fraction of sp³-hybridized carbons (Fsp3) is 0.273. The Morgan fingerprint density at radius 1 is 0.792 bits per heavy atom. The van der Waals surface area contributed by atoms with Crippen molar-refractivity contribution in [2.24, 2.45) is 0 Å². The maximum absolute atomic E-state index is 14.1. The molecule has 0 saturated carbocycles. The van der Waals surface area contributed by atoms with Gasteiger partial charge in [-0.1, -0.05) is 69.0 Å². The van der Waals surface area contributed by atoms with Crippen LogP contribution in [0.3, 0.4) is 0 Å². The number of hydrogen-bond donors (Lipinski definition) is 0. The van der Waals surface area contributed by atoms with Crippen molar-refractivity contribution in [3.63, 3.8) is 0 Å². The van der Waals surface area contributed by atoms with Crippen LogP contribution in [0.5, 0.6) is 0 Å². The smallest absolute Gasteiger partial charge is 0.202 e. The summed E-state index contributed by atoms with van der Waals surface area (Å²) in [4.78, 5) is 0. The van der Waals surface area contributed by atoms with Crippen LogP contribution in [-0.2, 0) is 12.8 Å². The van der Waals surface area contributed by atoms with Gasteiger partial charge in [-0.15, -0.1) is 0 Å². The van der Waals surface area contributed by atoms with Crippen LogP contribution in [0.2, 0.25) is 0 Å². The first-order valence-electron chi connectivity index (χ1n) is 8.39.